The summed E-state index contributed by atoms with van der Waals surface area (Å²) in [4.78, 5) is 20.6. The van der Waals surface area contributed by atoms with Crippen molar-refractivity contribution in [2.24, 2.45) is 0 Å². The highest BCUT2D eigenvalue weighted by Gasteiger charge is 2.39. The number of hydrogen-bond donors (Lipinski definition) is 0. The summed E-state index contributed by atoms with van der Waals surface area (Å²) >= 11 is 0. The van der Waals surface area contributed by atoms with Crippen LogP contribution in [-0.4, -0.2) is 41.0 Å². The molecular weight excluding hydrogens is 264 g/mol. The summed E-state index contributed by atoms with van der Waals surface area (Å²) in [7, 11) is 0. The molecule has 0 N–H and O–H groups in total. The van der Waals surface area contributed by atoms with E-state index in [1.54, 1.807) is 13.1 Å². The molecule has 1 aromatic heterocycles. The van der Waals surface area contributed by atoms with Crippen LogP contribution in [0.15, 0.2) is 18.3 Å². The number of aromatic nitrogens is 1. The van der Waals surface area contributed by atoms with E-state index in [4.69, 9.17) is 5.26 Å². The minimum atomic E-state index is 0.178. The van der Waals surface area contributed by atoms with Crippen molar-refractivity contribution >= 4 is 11.7 Å². The van der Waals surface area contributed by atoms with Crippen LogP contribution in [0.4, 0.5) is 5.82 Å². The molecule has 5 heteroatoms. The third-order valence-corrected chi connectivity index (χ3v) is 4.62. The molecule has 2 atom stereocenters. The zero-order valence-corrected chi connectivity index (χ0v) is 12.3. The SMILES string of the molecule is CC(=O)N1CCC[C@@H]1[C@H]1CCCN1c1ccc(C#N)cn1. The third kappa shape index (κ3) is 2.58. The van der Waals surface area contributed by atoms with E-state index in [9.17, 15) is 4.79 Å². The molecule has 110 valence electrons. The van der Waals surface area contributed by atoms with E-state index < -0.39 is 0 Å². The normalized spacial score (nSPS) is 25.1. The van der Waals surface area contributed by atoms with Crippen LogP contribution in [0, 0.1) is 11.3 Å². The highest BCUT2D eigenvalue weighted by molar-refractivity contribution is 5.74. The molecule has 5 nitrogen and oxygen atoms in total. The summed E-state index contributed by atoms with van der Waals surface area (Å²) in [5, 5.41) is 8.87. The lowest BCUT2D eigenvalue weighted by molar-refractivity contribution is -0.129. The van der Waals surface area contributed by atoms with Gasteiger partial charge in [-0.3, -0.25) is 4.79 Å². The molecule has 0 aromatic carbocycles. The molecule has 0 unspecified atom stereocenters. The molecule has 2 saturated heterocycles. The van der Waals surface area contributed by atoms with E-state index in [2.05, 4.69) is 16.0 Å². The molecule has 1 amide bonds. The van der Waals surface area contributed by atoms with Gasteiger partial charge in [0.25, 0.3) is 0 Å². The Balaban J connectivity index is 1.81. The Hall–Kier alpha value is -2.09. The van der Waals surface area contributed by atoms with E-state index in [-0.39, 0.29) is 5.91 Å². The zero-order valence-electron chi connectivity index (χ0n) is 12.3. The first-order valence-electron chi connectivity index (χ1n) is 7.60. The topological polar surface area (TPSA) is 60.2 Å². The van der Waals surface area contributed by atoms with E-state index in [1.165, 1.54) is 0 Å². The van der Waals surface area contributed by atoms with Gasteiger partial charge in [0.1, 0.15) is 11.9 Å². The molecule has 0 spiro atoms. The highest BCUT2D eigenvalue weighted by atomic mass is 16.2. The van der Waals surface area contributed by atoms with Crippen LogP contribution in [0.1, 0.15) is 38.2 Å². The number of amides is 1. The fourth-order valence-electron chi connectivity index (χ4n) is 3.68. The van der Waals surface area contributed by atoms with E-state index >= 15 is 0 Å². The molecular formula is C16H20N4O. The molecule has 3 heterocycles. The summed E-state index contributed by atoms with van der Waals surface area (Å²) in [5.41, 5.74) is 0.584. The Kier molecular flexibility index (Phi) is 3.78. The fraction of sp³-hybridized carbons (Fsp3) is 0.562. The summed E-state index contributed by atoms with van der Waals surface area (Å²) in [6, 6.07) is 6.50. The molecule has 0 saturated carbocycles. The fourth-order valence-corrected chi connectivity index (χ4v) is 3.68. The smallest absolute Gasteiger partial charge is 0.219 e. The largest absolute Gasteiger partial charge is 0.352 e. The van der Waals surface area contributed by atoms with Gasteiger partial charge in [0.2, 0.25) is 5.91 Å². The van der Waals surface area contributed by atoms with Gasteiger partial charge in [-0.25, -0.2) is 4.98 Å². The molecule has 2 aliphatic heterocycles. The first kappa shape index (κ1) is 13.9. The molecule has 2 aliphatic rings. The number of nitrogens with zero attached hydrogens (tertiary/aromatic N) is 4. The van der Waals surface area contributed by atoms with Gasteiger partial charge in [0.05, 0.1) is 17.6 Å². The van der Waals surface area contributed by atoms with Crippen LogP contribution in [0.5, 0.6) is 0 Å². The van der Waals surface area contributed by atoms with Crippen molar-refractivity contribution in [3.05, 3.63) is 23.9 Å². The maximum absolute atomic E-state index is 11.8. The van der Waals surface area contributed by atoms with Crippen molar-refractivity contribution in [1.29, 1.82) is 5.26 Å². The van der Waals surface area contributed by atoms with E-state index in [0.29, 0.717) is 17.6 Å². The average Bonchev–Trinajstić information content (AvgIpc) is 3.15. The number of anilines is 1. The van der Waals surface area contributed by atoms with Crippen molar-refractivity contribution in [3.8, 4) is 6.07 Å². The Morgan fingerprint density at radius 3 is 2.71 bits per heavy atom. The Morgan fingerprint density at radius 1 is 1.29 bits per heavy atom. The lowest BCUT2D eigenvalue weighted by atomic mass is 10.0. The summed E-state index contributed by atoms with van der Waals surface area (Å²) in [6.07, 6.45) is 6.04. The first-order valence-corrected chi connectivity index (χ1v) is 7.60. The van der Waals surface area contributed by atoms with Gasteiger partial charge in [-0.1, -0.05) is 0 Å². The number of carbonyl (C=O) groups excluding carboxylic acids is 1. The van der Waals surface area contributed by atoms with Crippen LogP contribution >= 0.6 is 0 Å². The third-order valence-electron chi connectivity index (χ3n) is 4.62. The summed E-state index contributed by atoms with van der Waals surface area (Å²) in [6.45, 7) is 3.52. The number of hydrogen-bond acceptors (Lipinski definition) is 4. The molecule has 2 fully saturated rings. The van der Waals surface area contributed by atoms with Crippen LogP contribution in [0.25, 0.3) is 0 Å². The molecule has 0 aliphatic carbocycles. The van der Waals surface area contributed by atoms with Crippen LogP contribution in [0.3, 0.4) is 0 Å². The van der Waals surface area contributed by atoms with Gasteiger partial charge in [0, 0.05) is 26.2 Å². The van der Waals surface area contributed by atoms with E-state index in [1.807, 2.05) is 17.0 Å². The van der Waals surface area contributed by atoms with Gasteiger partial charge in [-0.05, 0) is 37.8 Å². The van der Waals surface area contributed by atoms with Crippen molar-refractivity contribution in [2.75, 3.05) is 18.0 Å². The number of rotatable bonds is 2. The van der Waals surface area contributed by atoms with Crippen molar-refractivity contribution in [1.82, 2.24) is 9.88 Å². The van der Waals surface area contributed by atoms with E-state index in [0.717, 1.165) is 44.6 Å². The number of pyridine rings is 1. The minimum Gasteiger partial charge on any atom is -0.352 e. The molecule has 1 aromatic rings. The van der Waals surface area contributed by atoms with Gasteiger partial charge < -0.3 is 9.80 Å². The number of nitriles is 1. The van der Waals surface area contributed by atoms with Crippen molar-refractivity contribution in [2.45, 2.75) is 44.7 Å². The Bertz CT molecular complexity index is 563. The second-order valence-electron chi connectivity index (χ2n) is 5.84. The predicted octanol–water partition coefficient (Wildman–Crippen LogP) is 1.93. The highest BCUT2D eigenvalue weighted by Crippen LogP contribution is 2.32. The van der Waals surface area contributed by atoms with Crippen LogP contribution < -0.4 is 4.90 Å². The van der Waals surface area contributed by atoms with Gasteiger partial charge in [0.15, 0.2) is 0 Å². The van der Waals surface area contributed by atoms with Crippen LogP contribution in [-0.2, 0) is 4.79 Å². The monoisotopic (exact) mass is 284 g/mol. The Morgan fingerprint density at radius 2 is 2.05 bits per heavy atom. The molecule has 0 bridgehead atoms. The van der Waals surface area contributed by atoms with Crippen molar-refractivity contribution in [3.63, 3.8) is 0 Å². The molecule has 21 heavy (non-hydrogen) atoms. The Labute approximate surface area is 125 Å². The van der Waals surface area contributed by atoms with Crippen molar-refractivity contribution < 1.29 is 4.79 Å². The lowest BCUT2D eigenvalue weighted by Crippen LogP contribution is -2.48. The predicted molar refractivity (Wildman–Crippen MR) is 79.7 cm³/mol. The zero-order chi connectivity index (χ0) is 14.8. The number of likely N-dealkylation sites (tertiary alicyclic amines) is 1. The number of carbonyl (C=O) groups is 1. The first-order chi connectivity index (χ1) is 10.2. The van der Waals surface area contributed by atoms with Gasteiger partial charge in [-0.15, -0.1) is 0 Å². The summed E-state index contributed by atoms with van der Waals surface area (Å²) < 4.78 is 0. The van der Waals surface area contributed by atoms with Gasteiger partial charge in [-0.2, -0.15) is 5.26 Å². The second kappa shape index (κ2) is 5.72. The van der Waals surface area contributed by atoms with Crippen LogP contribution in [0.2, 0.25) is 0 Å². The van der Waals surface area contributed by atoms with Gasteiger partial charge >= 0.3 is 0 Å². The second-order valence-corrected chi connectivity index (χ2v) is 5.84. The minimum absolute atomic E-state index is 0.178. The summed E-state index contributed by atoms with van der Waals surface area (Å²) in [5.74, 6) is 1.10. The molecule has 0 radical (unpaired) electrons. The maximum atomic E-state index is 11.8. The molecule has 3 rings (SSSR count). The quantitative estimate of drug-likeness (QED) is 0.832. The standard InChI is InChI=1S/C16H20N4O/c1-12(21)19-8-2-4-14(19)15-5-3-9-20(15)16-7-6-13(10-17)11-18-16/h6-7,11,14-15H,2-5,8-9H2,1H3/t14-,15-/m1/s1. The lowest BCUT2D eigenvalue weighted by Gasteiger charge is -2.35. The average molecular weight is 284 g/mol. The maximum Gasteiger partial charge on any atom is 0.219 e.